The molecule has 0 fully saturated rings. The molecule has 0 amide bonds. The third-order valence-electron chi connectivity index (χ3n) is 4.21. The van der Waals surface area contributed by atoms with Gasteiger partial charge in [0.15, 0.2) is 11.5 Å². The molecule has 3 aromatic carbocycles. The third kappa shape index (κ3) is 5.48. The lowest BCUT2D eigenvalue weighted by Gasteiger charge is -2.11. The lowest BCUT2D eigenvalue weighted by atomic mass is 10.2. The minimum atomic E-state index is -0.454. The lowest BCUT2D eigenvalue weighted by Crippen LogP contribution is -1.99. The molecule has 0 radical (unpaired) electrons. The van der Waals surface area contributed by atoms with Gasteiger partial charge in [0.1, 0.15) is 12.4 Å². The number of nitro benzene ring substituents is 1. The Morgan fingerprint density at radius 1 is 1.00 bits per heavy atom. The molecule has 0 saturated heterocycles. The van der Waals surface area contributed by atoms with Gasteiger partial charge in [0.2, 0.25) is 0 Å². The van der Waals surface area contributed by atoms with E-state index in [2.05, 4.69) is 10.5 Å². The molecule has 154 valence electrons. The number of hydrogen-bond donors (Lipinski definition) is 1. The number of methoxy groups -OCH3 is 2. The van der Waals surface area contributed by atoms with Crippen LogP contribution in [0, 0.1) is 10.1 Å². The normalized spacial score (nSPS) is 10.6. The number of ether oxygens (including phenoxy) is 3. The Labute approximate surface area is 173 Å². The van der Waals surface area contributed by atoms with Gasteiger partial charge in [0.25, 0.3) is 5.69 Å². The highest BCUT2D eigenvalue weighted by Crippen LogP contribution is 2.28. The monoisotopic (exact) mass is 407 g/mol. The summed E-state index contributed by atoms with van der Waals surface area (Å²) in [4.78, 5) is 10.4. The fraction of sp³-hybridized carbons (Fsp3) is 0.136. The van der Waals surface area contributed by atoms with Gasteiger partial charge in [0, 0.05) is 12.1 Å². The van der Waals surface area contributed by atoms with Crippen LogP contribution in [0.2, 0.25) is 0 Å². The number of nitrogens with one attached hydrogen (secondary N) is 1. The molecule has 3 aromatic rings. The molecule has 0 aliphatic carbocycles. The molecule has 0 unspecified atom stereocenters. The number of hydrazone groups is 1. The maximum Gasteiger partial charge on any atom is 0.271 e. The number of rotatable bonds is 9. The van der Waals surface area contributed by atoms with Gasteiger partial charge in [-0.1, -0.05) is 18.2 Å². The van der Waals surface area contributed by atoms with Gasteiger partial charge in [-0.15, -0.1) is 0 Å². The van der Waals surface area contributed by atoms with E-state index in [0.717, 1.165) is 16.9 Å². The van der Waals surface area contributed by atoms with Crippen molar-refractivity contribution >= 4 is 17.6 Å². The van der Waals surface area contributed by atoms with E-state index in [-0.39, 0.29) is 5.69 Å². The van der Waals surface area contributed by atoms with E-state index in [1.807, 2.05) is 30.3 Å². The molecule has 0 bridgehead atoms. The summed E-state index contributed by atoms with van der Waals surface area (Å²) in [6.45, 7) is 0.391. The van der Waals surface area contributed by atoms with Crippen molar-refractivity contribution in [1.82, 2.24) is 0 Å². The van der Waals surface area contributed by atoms with Gasteiger partial charge >= 0.3 is 0 Å². The summed E-state index contributed by atoms with van der Waals surface area (Å²) in [6.07, 6.45) is 1.59. The number of nitro groups is 1. The quantitative estimate of drug-likeness (QED) is 0.315. The molecule has 3 rings (SSSR count). The van der Waals surface area contributed by atoms with Crippen molar-refractivity contribution in [1.29, 1.82) is 0 Å². The van der Waals surface area contributed by atoms with Crippen LogP contribution in [0.1, 0.15) is 11.1 Å². The van der Waals surface area contributed by atoms with E-state index in [1.54, 1.807) is 44.7 Å². The maximum atomic E-state index is 10.8. The van der Waals surface area contributed by atoms with Crippen LogP contribution in [0.5, 0.6) is 17.2 Å². The summed E-state index contributed by atoms with van der Waals surface area (Å²) in [6, 6.07) is 19.2. The van der Waals surface area contributed by atoms with Crippen LogP contribution >= 0.6 is 0 Å². The minimum absolute atomic E-state index is 0.00442. The smallest absolute Gasteiger partial charge is 0.271 e. The second-order valence-electron chi connectivity index (χ2n) is 6.22. The molecular formula is C22H21N3O5. The van der Waals surface area contributed by atoms with Crippen LogP contribution in [0.3, 0.4) is 0 Å². The van der Waals surface area contributed by atoms with Crippen molar-refractivity contribution in [2.24, 2.45) is 5.10 Å². The zero-order valence-electron chi connectivity index (χ0n) is 16.6. The van der Waals surface area contributed by atoms with Crippen LogP contribution < -0.4 is 19.6 Å². The first-order valence-corrected chi connectivity index (χ1v) is 9.06. The highest BCUT2D eigenvalue weighted by Gasteiger charge is 2.07. The Morgan fingerprint density at radius 3 is 2.50 bits per heavy atom. The summed E-state index contributed by atoms with van der Waals surface area (Å²) in [5.74, 6) is 1.97. The molecule has 30 heavy (non-hydrogen) atoms. The predicted octanol–water partition coefficient (Wildman–Crippen LogP) is 4.64. The fourth-order valence-corrected chi connectivity index (χ4v) is 2.64. The van der Waals surface area contributed by atoms with Gasteiger partial charge in [-0.2, -0.15) is 5.10 Å². The third-order valence-corrected chi connectivity index (χ3v) is 4.21. The number of anilines is 1. The molecular weight excluding hydrogens is 386 g/mol. The van der Waals surface area contributed by atoms with E-state index < -0.39 is 4.92 Å². The highest BCUT2D eigenvalue weighted by atomic mass is 16.6. The standard InChI is InChI=1S/C22H21N3O5/c1-28-20-9-6-16(7-10-20)15-30-21-11-8-17(12-22(21)29-2)14-23-24-18-4-3-5-19(13-18)25(26)27/h3-14,24H,15H2,1-2H3. The molecule has 0 aromatic heterocycles. The van der Waals surface area contributed by atoms with E-state index in [0.29, 0.717) is 23.8 Å². The van der Waals surface area contributed by atoms with Crippen molar-refractivity contribution in [2.75, 3.05) is 19.6 Å². The number of hydrogen-bond acceptors (Lipinski definition) is 7. The van der Waals surface area contributed by atoms with Gasteiger partial charge < -0.3 is 14.2 Å². The summed E-state index contributed by atoms with van der Waals surface area (Å²) in [5.41, 5.74) is 5.08. The molecule has 0 aliphatic rings. The highest BCUT2D eigenvalue weighted by molar-refractivity contribution is 5.81. The van der Waals surface area contributed by atoms with Gasteiger partial charge in [0.05, 0.1) is 31.0 Å². The number of nitrogens with zero attached hydrogens (tertiary/aromatic N) is 2. The molecule has 0 aliphatic heterocycles. The molecule has 0 heterocycles. The van der Waals surface area contributed by atoms with Crippen molar-refractivity contribution < 1.29 is 19.1 Å². The average Bonchev–Trinajstić information content (AvgIpc) is 2.78. The minimum Gasteiger partial charge on any atom is -0.497 e. The van der Waals surface area contributed by atoms with Crippen molar-refractivity contribution in [3.8, 4) is 17.2 Å². The van der Waals surface area contributed by atoms with Gasteiger partial charge in [-0.05, 0) is 47.5 Å². The maximum absolute atomic E-state index is 10.8. The second kappa shape index (κ2) is 9.92. The first kappa shape index (κ1) is 20.7. The summed E-state index contributed by atoms with van der Waals surface area (Å²) in [5, 5.41) is 15.0. The second-order valence-corrected chi connectivity index (χ2v) is 6.22. The Morgan fingerprint density at radius 2 is 1.80 bits per heavy atom. The lowest BCUT2D eigenvalue weighted by molar-refractivity contribution is -0.384. The van der Waals surface area contributed by atoms with Crippen LogP contribution in [0.15, 0.2) is 71.8 Å². The first-order chi connectivity index (χ1) is 14.6. The van der Waals surface area contributed by atoms with E-state index in [4.69, 9.17) is 14.2 Å². The van der Waals surface area contributed by atoms with Crippen molar-refractivity contribution in [2.45, 2.75) is 6.61 Å². The van der Waals surface area contributed by atoms with E-state index in [9.17, 15) is 10.1 Å². The number of non-ortho nitro benzene ring substituents is 1. The van der Waals surface area contributed by atoms with Crippen molar-refractivity contribution in [3.05, 3.63) is 88.0 Å². The average molecular weight is 407 g/mol. The molecule has 8 nitrogen and oxygen atoms in total. The Bertz CT molecular complexity index is 1040. The van der Waals surface area contributed by atoms with Crippen molar-refractivity contribution in [3.63, 3.8) is 0 Å². The summed E-state index contributed by atoms with van der Waals surface area (Å²) < 4.78 is 16.4. The van der Waals surface area contributed by atoms with Gasteiger partial charge in [-0.3, -0.25) is 15.5 Å². The zero-order chi connectivity index (χ0) is 21.3. The Hall–Kier alpha value is -4.07. The largest absolute Gasteiger partial charge is 0.497 e. The predicted molar refractivity (Wildman–Crippen MR) is 115 cm³/mol. The topological polar surface area (TPSA) is 95.2 Å². The fourth-order valence-electron chi connectivity index (χ4n) is 2.64. The Balaban J connectivity index is 1.63. The zero-order valence-corrected chi connectivity index (χ0v) is 16.6. The van der Waals surface area contributed by atoms with Crippen LogP contribution in [0.4, 0.5) is 11.4 Å². The summed E-state index contributed by atoms with van der Waals surface area (Å²) in [7, 11) is 3.19. The summed E-state index contributed by atoms with van der Waals surface area (Å²) >= 11 is 0. The molecule has 0 saturated carbocycles. The van der Waals surface area contributed by atoms with Crippen LogP contribution in [-0.2, 0) is 6.61 Å². The molecule has 8 heteroatoms. The molecule has 1 N–H and O–H groups in total. The molecule has 0 spiro atoms. The Kier molecular flexibility index (Phi) is 6.83. The van der Waals surface area contributed by atoms with Crippen LogP contribution in [0.25, 0.3) is 0 Å². The van der Waals surface area contributed by atoms with E-state index in [1.165, 1.54) is 12.1 Å². The molecule has 0 atom stereocenters. The SMILES string of the molecule is COc1ccc(COc2ccc(C=NNc3cccc([N+](=O)[O-])c3)cc2OC)cc1. The van der Waals surface area contributed by atoms with Crippen LogP contribution in [-0.4, -0.2) is 25.4 Å². The first-order valence-electron chi connectivity index (χ1n) is 9.06. The number of benzene rings is 3. The van der Waals surface area contributed by atoms with E-state index >= 15 is 0 Å². The van der Waals surface area contributed by atoms with Gasteiger partial charge in [-0.25, -0.2) is 0 Å².